The van der Waals surface area contributed by atoms with E-state index in [0.717, 1.165) is 0 Å². The molecule has 2 aromatic carbocycles. The third-order valence-electron chi connectivity index (χ3n) is 4.92. The van der Waals surface area contributed by atoms with Gasteiger partial charge in [0.2, 0.25) is 11.8 Å². The SMILES string of the molecule is COc1ccc(C(=O)Nc2nnc([C@H]3CC(=O)N(c4ccc(F)cc4)C3)o2)cc1OC. The molecule has 0 unspecified atom stereocenters. The number of carbonyl (C=O) groups excluding carboxylic acids is 2. The third kappa shape index (κ3) is 4.18. The third-order valence-corrected chi connectivity index (χ3v) is 4.92. The van der Waals surface area contributed by atoms with Crippen LogP contribution < -0.4 is 19.7 Å². The monoisotopic (exact) mass is 426 g/mol. The number of methoxy groups -OCH3 is 2. The number of aromatic nitrogens is 2. The molecule has 1 N–H and O–H groups in total. The molecule has 1 aromatic heterocycles. The first-order valence-electron chi connectivity index (χ1n) is 9.41. The zero-order valence-corrected chi connectivity index (χ0v) is 16.8. The molecule has 1 saturated heterocycles. The van der Waals surface area contributed by atoms with E-state index in [1.54, 1.807) is 12.1 Å². The van der Waals surface area contributed by atoms with Gasteiger partial charge < -0.3 is 18.8 Å². The predicted octanol–water partition coefficient (Wildman–Crippen LogP) is 3.00. The van der Waals surface area contributed by atoms with Crippen molar-refractivity contribution in [2.24, 2.45) is 0 Å². The first kappa shape index (κ1) is 20.3. The molecule has 1 aliphatic heterocycles. The molecule has 1 atom stereocenters. The molecular formula is C21H19FN4O5. The van der Waals surface area contributed by atoms with Gasteiger partial charge in [-0.05, 0) is 42.5 Å². The smallest absolute Gasteiger partial charge is 0.322 e. The average molecular weight is 426 g/mol. The topological polar surface area (TPSA) is 107 Å². The van der Waals surface area contributed by atoms with E-state index >= 15 is 0 Å². The molecule has 10 heteroatoms. The number of benzene rings is 2. The molecule has 2 amide bonds. The van der Waals surface area contributed by atoms with Crippen molar-refractivity contribution in [1.29, 1.82) is 0 Å². The highest BCUT2D eigenvalue weighted by Gasteiger charge is 2.35. The van der Waals surface area contributed by atoms with Gasteiger partial charge in [0.25, 0.3) is 5.91 Å². The molecule has 0 spiro atoms. The number of halogens is 1. The fourth-order valence-electron chi connectivity index (χ4n) is 3.34. The van der Waals surface area contributed by atoms with Gasteiger partial charge in [-0.2, -0.15) is 0 Å². The summed E-state index contributed by atoms with van der Waals surface area (Å²) in [6.45, 7) is 0.315. The highest BCUT2D eigenvalue weighted by Crippen LogP contribution is 2.32. The summed E-state index contributed by atoms with van der Waals surface area (Å²) in [5, 5.41) is 10.4. The van der Waals surface area contributed by atoms with Gasteiger partial charge in [0, 0.05) is 24.2 Å². The highest BCUT2D eigenvalue weighted by atomic mass is 19.1. The maximum Gasteiger partial charge on any atom is 0.322 e. The zero-order valence-electron chi connectivity index (χ0n) is 16.8. The fraction of sp³-hybridized carbons (Fsp3) is 0.238. The molecule has 9 nitrogen and oxygen atoms in total. The number of nitrogens with zero attached hydrogens (tertiary/aromatic N) is 3. The summed E-state index contributed by atoms with van der Waals surface area (Å²) in [5.41, 5.74) is 0.909. The molecule has 2 heterocycles. The van der Waals surface area contributed by atoms with Crippen molar-refractivity contribution in [3.8, 4) is 11.5 Å². The van der Waals surface area contributed by atoms with E-state index < -0.39 is 5.91 Å². The van der Waals surface area contributed by atoms with Crippen LogP contribution >= 0.6 is 0 Å². The second kappa shape index (κ2) is 8.42. The Morgan fingerprint density at radius 2 is 1.87 bits per heavy atom. The quantitative estimate of drug-likeness (QED) is 0.646. The molecule has 0 saturated carbocycles. The minimum Gasteiger partial charge on any atom is -0.493 e. The number of hydrogen-bond acceptors (Lipinski definition) is 7. The predicted molar refractivity (Wildman–Crippen MR) is 108 cm³/mol. The van der Waals surface area contributed by atoms with Crippen molar-refractivity contribution in [1.82, 2.24) is 10.2 Å². The summed E-state index contributed by atoms with van der Waals surface area (Å²) in [7, 11) is 2.98. The van der Waals surface area contributed by atoms with E-state index in [2.05, 4.69) is 15.5 Å². The van der Waals surface area contributed by atoms with Crippen molar-refractivity contribution in [2.45, 2.75) is 12.3 Å². The summed E-state index contributed by atoms with van der Waals surface area (Å²) in [5.74, 6) is -0.171. The van der Waals surface area contributed by atoms with Gasteiger partial charge in [-0.25, -0.2) is 4.39 Å². The Morgan fingerprint density at radius 3 is 2.58 bits per heavy atom. The van der Waals surface area contributed by atoms with Crippen LogP contribution in [-0.4, -0.2) is 42.8 Å². The van der Waals surface area contributed by atoms with Crippen molar-refractivity contribution in [3.63, 3.8) is 0 Å². The summed E-state index contributed by atoms with van der Waals surface area (Å²) in [6.07, 6.45) is 0.169. The molecular weight excluding hydrogens is 407 g/mol. The van der Waals surface area contributed by atoms with Gasteiger partial charge >= 0.3 is 6.01 Å². The Morgan fingerprint density at radius 1 is 1.13 bits per heavy atom. The molecule has 1 aliphatic rings. The van der Waals surface area contributed by atoms with E-state index in [1.807, 2.05) is 0 Å². The van der Waals surface area contributed by atoms with Crippen LogP contribution in [0, 0.1) is 5.82 Å². The van der Waals surface area contributed by atoms with Crippen LogP contribution in [0.2, 0.25) is 0 Å². The number of hydrogen-bond donors (Lipinski definition) is 1. The Kier molecular flexibility index (Phi) is 5.52. The average Bonchev–Trinajstić information content (AvgIpc) is 3.40. The van der Waals surface area contributed by atoms with Crippen LogP contribution in [0.5, 0.6) is 11.5 Å². The first-order chi connectivity index (χ1) is 15.0. The molecule has 4 rings (SSSR count). The molecule has 0 bridgehead atoms. The minimum atomic E-state index is -0.466. The van der Waals surface area contributed by atoms with Crippen LogP contribution in [-0.2, 0) is 4.79 Å². The lowest BCUT2D eigenvalue weighted by Crippen LogP contribution is -2.24. The van der Waals surface area contributed by atoms with Gasteiger partial charge in [0.05, 0.1) is 20.1 Å². The molecule has 3 aromatic rings. The highest BCUT2D eigenvalue weighted by molar-refractivity contribution is 6.03. The summed E-state index contributed by atoms with van der Waals surface area (Å²) >= 11 is 0. The maximum atomic E-state index is 13.1. The van der Waals surface area contributed by atoms with E-state index in [0.29, 0.717) is 29.3 Å². The maximum absolute atomic E-state index is 13.1. The fourth-order valence-corrected chi connectivity index (χ4v) is 3.34. The molecule has 0 radical (unpaired) electrons. The van der Waals surface area contributed by atoms with Crippen LogP contribution in [0.4, 0.5) is 16.1 Å². The van der Waals surface area contributed by atoms with Gasteiger partial charge in [0.15, 0.2) is 11.5 Å². The van der Waals surface area contributed by atoms with Gasteiger partial charge in [-0.15, -0.1) is 5.10 Å². The standard InChI is InChI=1S/C21H19FN4O5/c1-29-16-8-3-12(9-17(16)30-2)19(28)23-21-25-24-20(31-21)13-10-18(27)26(11-13)15-6-4-14(22)5-7-15/h3-9,13H,10-11H2,1-2H3,(H,23,25,28)/t13-/m0/s1. The van der Waals surface area contributed by atoms with E-state index in [4.69, 9.17) is 13.9 Å². The Hall–Kier alpha value is -3.95. The summed E-state index contributed by atoms with van der Waals surface area (Å²) < 4.78 is 29.1. The number of nitrogens with one attached hydrogen (secondary N) is 1. The lowest BCUT2D eigenvalue weighted by Gasteiger charge is -2.15. The summed E-state index contributed by atoms with van der Waals surface area (Å²) in [4.78, 5) is 26.4. The normalized spacial score (nSPS) is 15.8. The van der Waals surface area contributed by atoms with Gasteiger partial charge in [-0.1, -0.05) is 5.10 Å². The van der Waals surface area contributed by atoms with Crippen molar-refractivity contribution >= 4 is 23.5 Å². The Balaban J connectivity index is 1.44. The minimum absolute atomic E-state index is 0.0810. The lowest BCUT2D eigenvalue weighted by molar-refractivity contribution is -0.117. The van der Waals surface area contributed by atoms with Gasteiger partial charge in [-0.3, -0.25) is 14.9 Å². The largest absolute Gasteiger partial charge is 0.493 e. The molecule has 0 aliphatic carbocycles. The molecule has 31 heavy (non-hydrogen) atoms. The van der Waals surface area contributed by atoms with Crippen molar-refractivity contribution in [2.75, 3.05) is 31.0 Å². The van der Waals surface area contributed by atoms with Crippen LogP contribution in [0.3, 0.4) is 0 Å². The van der Waals surface area contributed by atoms with Gasteiger partial charge in [0.1, 0.15) is 5.82 Å². The second-order valence-corrected chi connectivity index (χ2v) is 6.85. The first-order valence-corrected chi connectivity index (χ1v) is 9.41. The zero-order chi connectivity index (χ0) is 22.0. The lowest BCUT2D eigenvalue weighted by atomic mass is 10.1. The Bertz CT molecular complexity index is 1120. The number of rotatable bonds is 6. The number of amides is 2. The second-order valence-electron chi connectivity index (χ2n) is 6.85. The Labute approximate surface area is 176 Å². The number of anilines is 2. The van der Waals surface area contributed by atoms with Crippen LogP contribution in [0.15, 0.2) is 46.9 Å². The number of ether oxygens (including phenoxy) is 2. The van der Waals surface area contributed by atoms with Crippen LogP contribution in [0.25, 0.3) is 0 Å². The molecule has 160 valence electrons. The van der Waals surface area contributed by atoms with E-state index in [9.17, 15) is 14.0 Å². The van der Waals surface area contributed by atoms with Crippen LogP contribution in [0.1, 0.15) is 28.6 Å². The van der Waals surface area contributed by atoms with Crippen molar-refractivity contribution in [3.05, 3.63) is 59.7 Å². The van der Waals surface area contributed by atoms with E-state index in [1.165, 1.54) is 49.5 Å². The van der Waals surface area contributed by atoms with E-state index in [-0.39, 0.29) is 36.0 Å². The number of carbonyl (C=O) groups is 2. The summed E-state index contributed by atoms with van der Waals surface area (Å²) in [6, 6.07) is 10.3. The molecule has 1 fully saturated rings. The van der Waals surface area contributed by atoms with Crippen molar-refractivity contribution < 1.29 is 27.9 Å².